The van der Waals surface area contributed by atoms with Gasteiger partial charge in [-0.3, -0.25) is 14.4 Å². The van der Waals surface area contributed by atoms with Crippen molar-refractivity contribution in [1.29, 1.82) is 0 Å². The summed E-state index contributed by atoms with van der Waals surface area (Å²) in [5, 5.41) is 5.33. The molecule has 0 aliphatic carbocycles. The summed E-state index contributed by atoms with van der Waals surface area (Å²) in [6.07, 6.45) is 8.50. The molecule has 1 aromatic rings. The molecule has 0 fully saturated rings. The van der Waals surface area contributed by atoms with E-state index in [2.05, 4.69) is 17.6 Å². The Labute approximate surface area is 193 Å². The first-order chi connectivity index (χ1) is 15.3. The predicted molar refractivity (Wildman–Crippen MR) is 129 cm³/mol. The van der Waals surface area contributed by atoms with Crippen LogP contribution in [0.1, 0.15) is 72.1 Å². The van der Waals surface area contributed by atoms with Gasteiger partial charge in [0.1, 0.15) is 5.75 Å². The van der Waals surface area contributed by atoms with E-state index < -0.39 is 0 Å². The van der Waals surface area contributed by atoms with E-state index in [-0.39, 0.29) is 36.7 Å². The Bertz CT molecular complexity index is 689. The molecule has 0 unspecified atom stereocenters. The van der Waals surface area contributed by atoms with Crippen molar-refractivity contribution in [3.63, 3.8) is 0 Å². The van der Waals surface area contributed by atoms with Crippen LogP contribution in [0.3, 0.4) is 0 Å². The van der Waals surface area contributed by atoms with E-state index >= 15 is 0 Å². The van der Waals surface area contributed by atoms with Gasteiger partial charge in [-0.2, -0.15) is 0 Å². The Morgan fingerprint density at radius 1 is 0.938 bits per heavy atom. The molecule has 3 amide bonds. The van der Waals surface area contributed by atoms with Crippen molar-refractivity contribution in [1.82, 2.24) is 10.2 Å². The van der Waals surface area contributed by atoms with Gasteiger partial charge in [0.05, 0.1) is 20.2 Å². The van der Waals surface area contributed by atoms with E-state index in [1.165, 1.54) is 25.7 Å². The highest BCUT2D eigenvalue weighted by Gasteiger charge is 2.18. The van der Waals surface area contributed by atoms with Crippen molar-refractivity contribution in [2.45, 2.75) is 72.1 Å². The van der Waals surface area contributed by atoms with Crippen LogP contribution in [-0.4, -0.2) is 49.4 Å². The van der Waals surface area contributed by atoms with Gasteiger partial charge in [-0.25, -0.2) is 0 Å². The molecule has 180 valence electrons. The molecule has 1 aromatic carbocycles. The van der Waals surface area contributed by atoms with Gasteiger partial charge in [-0.15, -0.1) is 0 Å². The van der Waals surface area contributed by atoms with Crippen molar-refractivity contribution in [3.8, 4) is 5.75 Å². The van der Waals surface area contributed by atoms with Gasteiger partial charge in [0.15, 0.2) is 0 Å². The Morgan fingerprint density at radius 2 is 1.56 bits per heavy atom. The third-order valence-electron chi connectivity index (χ3n) is 5.09. The number of nitrogens with zero attached hydrogens (tertiary/aromatic N) is 1. The quantitative estimate of drug-likeness (QED) is 0.368. The number of carbonyl (C=O) groups excluding carboxylic acids is 3. The van der Waals surface area contributed by atoms with Crippen molar-refractivity contribution >= 4 is 23.4 Å². The monoisotopic (exact) mass is 447 g/mol. The molecule has 0 aromatic heterocycles. The van der Waals surface area contributed by atoms with E-state index in [9.17, 15) is 14.4 Å². The van der Waals surface area contributed by atoms with E-state index in [0.29, 0.717) is 24.4 Å². The van der Waals surface area contributed by atoms with Gasteiger partial charge in [-0.1, -0.05) is 59.3 Å². The number of ether oxygens (including phenoxy) is 1. The zero-order valence-electron chi connectivity index (χ0n) is 20.2. The summed E-state index contributed by atoms with van der Waals surface area (Å²) < 4.78 is 5.09. The van der Waals surface area contributed by atoms with E-state index in [0.717, 1.165) is 19.3 Å². The maximum Gasteiger partial charge on any atom is 0.243 e. The fourth-order valence-corrected chi connectivity index (χ4v) is 3.37. The zero-order valence-corrected chi connectivity index (χ0v) is 20.2. The number of hydrogen-bond donors (Lipinski definition) is 2. The number of methoxy groups -OCH3 is 1. The topological polar surface area (TPSA) is 87.7 Å². The second-order valence-corrected chi connectivity index (χ2v) is 8.59. The van der Waals surface area contributed by atoms with E-state index in [1.807, 2.05) is 13.8 Å². The van der Waals surface area contributed by atoms with E-state index in [4.69, 9.17) is 4.74 Å². The summed E-state index contributed by atoms with van der Waals surface area (Å²) in [7, 11) is 1.57. The number of hydrogen-bond acceptors (Lipinski definition) is 4. The Morgan fingerprint density at radius 3 is 2.16 bits per heavy atom. The minimum atomic E-state index is -0.330. The molecule has 0 heterocycles. The van der Waals surface area contributed by atoms with Gasteiger partial charge in [0, 0.05) is 18.7 Å². The van der Waals surface area contributed by atoms with Crippen LogP contribution >= 0.6 is 0 Å². The standard InChI is InChI=1S/C25H41N3O4/c1-5-6-7-8-9-10-11-12-25(31)28(18-20(2)3)19-24(30)26-17-23(29)27-21-13-15-22(32-4)16-14-21/h13-16,20H,5-12,17-19H2,1-4H3,(H,26,30)(H,27,29). The van der Waals surface area contributed by atoms with Crippen molar-refractivity contribution in [2.24, 2.45) is 5.92 Å². The Balaban J connectivity index is 2.39. The smallest absolute Gasteiger partial charge is 0.243 e. The molecule has 0 saturated heterocycles. The number of nitrogens with one attached hydrogen (secondary N) is 2. The van der Waals surface area contributed by atoms with Crippen molar-refractivity contribution < 1.29 is 19.1 Å². The molecule has 0 bridgehead atoms. The van der Waals surface area contributed by atoms with Crippen LogP contribution < -0.4 is 15.4 Å². The SMILES string of the molecule is CCCCCCCCCC(=O)N(CC(=O)NCC(=O)Nc1ccc(OC)cc1)CC(C)C. The highest BCUT2D eigenvalue weighted by atomic mass is 16.5. The Kier molecular flexibility index (Phi) is 13.8. The summed E-state index contributed by atoms with van der Waals surface area (Å²) in [5.74, 6) is 0.309. The van der Waals surface area contributed by atoms with Crippen LogP contribution in [0.5, 0.6) is 5.75 Å². The van der Waals surface area contributed by atoms with Crippen LogP contribution in [0, 0.1) is 5.92 Å². The molecule has 32 heavy (non-hydrogen) atoms. The number of unbranched alkanes of at least 4 members (excludes halogenated alkanes) is 6. The molecule has 7 nitrogen and oxygen atoms in total. The summed E-state index contributed by atoms with van der Waals surface area (Å²) in [4.78, 5) is 38.7. The molecular weight excluding hydrogens is 406 g/mol. The maximum atomic E-state index is 12.6. The molecule has 0 atom stereocenters. The number of amides is 3. The first kappa shape index (κ1) is 27.5. The largest absolute Gasteiger partial charge is 0.497 e. The highest BCUT2D eigenvalue weighted by Crippen LogP contribution is 2.14. The highest BCUT2D eigenvalue weighted by molar-refractivity contribution is 5.95. The Hall–Kier alpha value is -2.57. The third kappa shape index (κ3) is 12.3. The lowest BCUT2D eigenvalue weighted by molar-refractivity contribution is -0.136. The van der Waals surface area contributed by atoms with Gasteiger partial charge in [0.25, 0.3) is 0 Å². The number of anilines is 1. The third-order valence-corrected chi connectivity index (χ3v) is 5.09. The van der Waals surface area contributed by atoms with Crippen LogP contribution in [-0.2, 0) is 14.4 Å². The predicted octanol–water partition coefficient (Wildman–Crippen LogP) is 4.38. The minimum absolute atomic E-state index is 0.00472. The minimum Gasteiger partial charge on any atom is -0.497 e. The van der Waals surface area contributed by atoms with Gasteiger partial charge < -0.3 is 20.3 Å². The van der Waals surface area contributed by atoms with Crippen LogP contribution in [0.2, 0.25) is 0 Å². The summed E-state index contributed by atoms with van der Waals surface area (Å²) in [6.45, 7) is 6.60. The number of rotatable bonds is 16. The fraction of sp³-hybridized carbons (Fsp3) is 0.640. The van der Waals surface area contributed by atoms with Gasteiger partial charge in [0.2, 0.25) is 17.7 Å². The lowest BCUT2D eigenvalue weighted by Crippen LogP contribution is -2.44. The second-order valence-electron chi connectivity index (χ2n) is 8.59. The molecule has 0 radical (unpaired) electrons. The molecule has 0 spiro atoms. The van der Waals surface area contributed by atoms with Crippen LogP contribution in [0.15, 0.2) is 24.3 Å². The molecule has 1 rings (SSSR count). The summed E-state index contributed by atoms with van der Waals surface area (Å²) in [5.41, 5.74) is 0.622. The van der Waals surface area contributed by atoms with E-state index in [1.54, 1.807) is 36.3 Å². The van der Waals surface area contributed by atoms with Gasteiger partial charge >= 0.3 is 0 Å². The molecule has 0 aliphatic heterocycles. The first-order valence-corrected chi connectivity index (χ1v) is 11.8. The molecule has 7 heteroatoms. The van der Waals surface area contributed by atoms with Crippen molar-refractivity contribution in [3.05, 3.63) is 24.3 Å². The normalized spacial score (nSPS) is 10.7. The lowest BCUT2D eigenvalue weighted by Gasteiger charge is -2.24. The molecule has 0 saturated carbocycles. The maximum absolute atomic E-state index is 12.6. The average Bonchev–Trinajstić information content (AvgIpc) is 2.76. The van der Waals surface area contributed by atoms with Crippen LogP contribution in [0.25, 0.3) is 0 Å². The van der Waals surface area contributed by atoms with Gasteiger partial charge in [-0.05, 0) is 36.6 Å². The number of carbonyl (C=O) groups is 3. The summed E-state index contributed by atoms with van der Waals surface area (Å²) in [6, 6.07) is 6.94. The lowest BCUT2D eigenvalue weighted by atomic mass is 10.1. The molecule has 2 N–H and O–H groups in total. The fourth-order valence-electron chi connectivity index (χ4n) is 3.37. The molecular formula is C25H41N3O4. The first-order valence-electron chi connectivity index (χ1n) is 11.8. The second kappa shape index (κ2) is 16.1. The zero-order chi connectivity index (χ0) is 23.8. The number of benzene rings is 1. The summed E-state index contributed by atoms with van der Waals surface area (Å²) >= 11 is 0. The molecule has 0 aliphatic rings. The average molecular weight is 448 g/mol. The van der Waals surface area contributed by atoms with Crippen LogP contribution in [0.4, 0.5) is 5.69 Å². The van der Waals surface area contributed by atoms with Crippen molar-refractivity contribution in [2.75, 3.05) is 32.1 Å².